The monoisotopic (exact) mass is 352 g/mol. The van der Waals surface area contributed by atoms with E-state index in [1.54, 1.807) is 7.11 Å². The Morgan fingerprint density at radius 2 is 1.85 bits per heavy atom. The fraction of sp³-hybridized carbons (Fsp3) is 0.409. The van der Waals surface area contributed by atoms with E-state index in [0.717, 1.165) is 17.7 Å². The van der Waals surface area contributed by atoms with Crippen LogP contribution in [0.2, 0.25) is 0 Å². The first kappa shape index (κ1) is 18.5. The Labute approximate surface area is 156 Å². The first-order chi connectivity index (χ1) is 12.6. The van der Waals surface area contributed by atoms with Crippen molar-refractivity contribution in [2.75, 3.05) is 20.2 Å². The molecule has 1 unspecified atom stereocenters. The van der Waals surface area contributed by atoms with Crippen LogP contribution in [0.3, 0.4) is 0 Å². The van der Waals surface area contributed by atoms with Crippen molar-refractivity contribution < 1.29 is 9.53 Å². The summed E-state index contributed by atoms with van der Waals surface area (Å²) in [7, 11) is 1.68. The Balaban J connectivity index is 1.58. The van der Waals surface area contributed by atoms with Crippen LogP contribution in [0.25, 0.3) is 0 Å². The molecule has 1 fully saturated rings. The summed E-state index contributed by atoms with van der Waals surface area (Å²) in [6, 6.07) is 18.3. The lowest BCUT2D eigenvalue weighted by atomic mass is 9.95. The number of hydrogen-bond acceptors (Lipinski definition) is 3. The lowest BCUT2D eigenvalue weighted by molar-refractivity contribution is -0.131. The van der Waals surface area contributed by atoms with E-state index in [-0.39, 0.29) is 23.8 Å². The van der Waals surface area contributed by atoms with Gasteiger partial charge in [0.1, 0.15) is 5.75 Å². The third-order valence-electron chi connectivity index (χ3n) is 5.23. The molecule has 2 aromatic rings. The third kappa shape index (κ3) is 4.25. The minimum Gasteiger partial charge on any atom is -0.496 e. The average Bonchev–Trinajstić information content (AvgIpc) is 3.05. The maximum atomic E-state index is 12.8. The van der Waals surface area contributed by atoms with Crippen molar-refractivity contribution in [3.8, 4) is 5.75 Å². The van der Waals surface area contributed by atoms with Gasteiger partial charge in [-0.2, -0.15) is 0 Å². The van der Waals surface area contributed by atoms with Crippen molar-refractivity contribution in [2.24, 2.45) is 11.7 Å². The maximum Gasteiger partial charge on any atom is 0.222 e. The van der Waals surface area contributed by atoms with Gasteiger partial charge < -0.3 is 15.4 Å². The summed E-state index contributed by atoms with van der Waals surface area (Å²) in [5.74, 6) is 1.57. The number of methoxy groups -OCH3 is 1. The van der Waals surface area contributed by atoms with Crippen LogP contribution in [0.5, 0.6) is 5.75 Å². The number of nitrogens with zero attached hydrogens (tertiary/aromatic N) is 1. The summed E-state index contributed by atoms with van der Waals surface area (Å²) >= 11 is 0. The number of amides is 1. The van der Waals surface area contributed by atoms with E-state index in [1.807, 2.05) is 41.3 Å². The highest BCUT2D eigenvalue weighted by Gasteiger charge is 2.34. The zero-order valence-corrected chi connectivity index (χ0v) is 15.6. The van der Waals surface area contributed by atoms with E-state index in [9.17, 15) is 4.79 Å². The van der Waals surface area contributed by atoms with E-state index in [2.05, 4.69) is 25.1 Å². The van der Waals surface area contributed by atoms with Crippen molar-refractivity contribution in [1.82, 2.24) is 4.90 Å². The largest absolute Gasteiger partial charge is 0.496 e. The summed E-state index contributed by atoms with van der Waals surface area (Å²) in [6.45, 7) is 3.47. The van der Waals surface area contributed by atoms with Crippen LogP contribution in [-0.2, 0) is 11.2 Å². The second-order valence-corrected chi connectivity index (χ2v) is 7.31. The van der Waals surface area contributed by atoms with Gasteiger partial charge in [-0.1, -0.05) is 55.5 Å². The van der Waals surface area contributed by atoms with E-state index in [4.69, 9.17) is 10.5 Å². The topological polar surface area (TPSA) is 55.6 Å². The van der Waals surface area contributed by atoms with Crippen LogP contribution in [-0.4, -0.2) is 37.0 Å². The minimum atomic E-state index is 0.00544. The van der Waals surface area contributed by atoms with Gasteiger partial charge in [-0.15, -0.1) is 0 Å². The molecule has 2 N–H and O–H groups in total. The normalized spacial score (nSPS) is 20.8. The molecule has 4 nitrogen and oxygen atoms in total. The van der Waals surface area contributed by atoms with Crippen molar-refractivity contribution in [2.45, 2.75) is 31.7 Å². The number of hydrogen-bond donors (Lipinski definition) is 1. The molecule has 0 saturated carbocycles. The maximum absolute atomic E-state index is 12.8. The van der Waals surface area contributed by atoms with Crippen LogP contribution in [0.4, 0.5) is 0 Å². The van der Waals surface area contributed by atoms with Gasteiger partial charge in [-0.25, -0.2) is 0 Å². The fourth-order valence-electron chi connectivity index (χ4n) is 3.83. The van der Waals surface area contributed by atoms with Crippen LogP contribution in [0.1, 0.15) is 30.4 Å². The first-order valence-electron chi connectivity index (χ1n) is 9.28. The molecule has 3 rings (SSSR count). The second-order valence-electron chi connectivity index (χ2n) is 7.31. The van der Waals surface area contributed by atoms with Crippen molar-refractivity contribution in [3.63, 3.8) is 0 Å². The molecule has 3 atom stereocenters. The number of ether oxygens (including phenoxy) is 1. The molecule has 0 bridgehead atoms. The Morgan fingerprint density at radius 3 is 2.58 bits per heavy atom. The van der Waals surface area contributed by atoms with Gasteiger partial charge in [0.25, 0.3) is 0 Å². The molecular formula is C22H28N2O2. The van der Waals surface area contributed by atoms with Crippen LogP contribution in [0.15, 0.2) is 54.6 Å². The van der Waals surface area contributed by atoms with Gasteiger partial charge >= 0.3 is 0 Å². The zero-order chi connectivity index (χ0) is 18.5. The van der Waals surface area contributed by atoms with Crippen molar-refractivity contribution in [1.29, 1.82) is 0 Å². The molecule has 0 radical (unpaired) electrons. The molecule has 1 heterocycles. The highest BCUT2D eigenvalue weighted by atomic mass is 16.5. The van der Waals surface area contributed by atoms with Gasteiger partial charge in [0.15, 0.2) is 0 Å². The zero-order valence-electron chi connectivity index (χ0n) is 15.6. The predicted octanol–water partition coefficient (Wildman–Crippen LogP) is 3.22. The summed E-state index contributed by atoms with van der Waals surface area (Å²) in [5, 5.41) is 0. The third-order valence-corrected chi connectivity index (χ3v) is 5.23. The number of carbonyl (C=O) groups excluding carboxylic acids is 1. The summed E-state index contributed by atoms with van der Waals surface area (Å²) in [4.78, 5) is 14.7. The molecule has 26 heavy (non-hydrogen) atoms. The molecule has 0 aromatic heterocycles. The van der Waals surface area contributed by atoms with Crippen LogP contribution >= 0.6 is 0 Å². The standard InChI is InChI=1S/C22H28N2O2/c1-16(12-18-10-6-7-11-21(18)26-2)13-22(25)24-14-19(20(23)15-24)17-8-4-3-5-9-17/h3-11,16,19-20H,12-15,23H2,1-2H3/t16?,19-,20+/m0/s1. The van der Waals surface area contributed by atoms with E-state index in [0.29, 0.717) is 19.5 Å². The molecule has 0 aliphatic carbocycles. The number of benzene rings is 2. The fourth-order valence-corrected chi connectivity index (χ4v) is 3.83. The Hall–Kier alpha value is -2.33. The Bertz CT molecular complexity index is 732. The number of likely N-dealkylation sites (tertiary alicyclic amines) is 1. The van der Waals surface area contributed by atoms with Crippen molar-refractivity contribution in [3.05, 3.63) is 65.7 Å². The summed E-state index contributed by atoms with van der Waals surface area (Å²) in [5.41, 5.74) is 8.69. The Kier molecular flexibility index (Phi) is 5.94. The molecule has 138 valence electrons. The number of nitrogens with two attached hydrogens (primary N) is 1. The first-order valence-corrected chi connectivity index (χ1v) is 9.28. The van der Waals surface area contributed by atoms with Gasteiger partial charge in [0.05, 0.1) is 7.11 Å². The minimum absolute atomic E-state index is 0.00544. The van der Waals surface area contributed by atoms with Crippen LogP contribution < -0.4 is 10.5 Å². The van der Waals surface area contributed by atoms with Gasteiger partial charge in [0, 0.05) is 31.5 Å². The van der Waals surface area contributed by atoms with Crippen molar-refractivity contribution >= 4 is 5.91 Å². The average molecular weight is 352 g/mol. The number of rotatable bonds is 6. The quantitative estimate of drug-likeness (QED) is 0.868. The molecule has 1 amide bonds. The molecule has 0 spiro atoms. The van der Waals surface area contributed by atoms with Gasteiger partial charge in [0.2, 0.25) is 5.91 Å². The molecule has 1 aliphatic heterocycles. The number of carbonyl (C=O) groups is 1. The summed E-state index contributed by atoms with van der Waals surface area (Å²) < 4.78 is 5.42. The van der Waals surface area contributed by atoms with Gasteiger partial charge in [-0.05, 0) is 29.5 Å². The van der Waals surface area contributed by atoms with E-state index in [1.165, 1.54) is 5.56 Å². The van der Waals surface area contributed by atoms with Gasteiger partial charge in [-0.3, -0.25) is 4.79 Å². The lowest BCUT2D eigenvalue weighted by Crippen LogP contribution is -2.33. The summed E-state index contributed by atoms with van der Waals surface area (Å²) in [6.07, 6.45) is 1.37. The van der Waals surface area contributed by atoms with Crippen LogP contribution in [0, 0.1) is 5.92 Å². The molecular weight excluding hydrogens is 324 g/mol. The van der Waals surface area contributed by atoms with E-state index >= 15 is 0 Å². The highest BCUT2D eigenvalue weighted by Crippen LogP contribution is 2.28. The highest BCUT2D eigenvalue weighted by molar-refractivity contribution is 5.77. The molecule has 2 aromatic carbocycles. The number of para-hydroxylation sites is 1. The molecule has 4 heteroatoms. The second kappa shape index (κ2) is 8.37. The predicted molar refractivity (Wildman–Crippen MR) is 104 cm³/mol. The van der Waals surface area contributed by atoms with E-state index < -0.39 is 0 Å². The lowest BCUT2D eigenvalue weighted by Gasteiger charge is -2.20. The Morgan fingerprint density at radius 1 is 1.15 bits per heavy atom. The molecule has 1 saturated heterocycles. The SMILES string of the molecule is COc1ccccc1CC(C)CC(=O)N1C[C@@H](N)[C@H](c2ccccc2)C1. The molecule has 1 aliphatic rings. The smallest absolute Gasteiger partial charge is 0.222 e.